The van der Waals surface area contributed by atoms with Crippen molar-refractivity contribution in [1.29, 1.82) is 0 Å². The zero-order valence-electron chi connectivity index (χ0n) is 17.7. The third-order valence-corrected chi connectivity index (χ3v) is 4.89. The Morgan fingerprint density at radius 1 is 0.808 bits per heavy atom. The van der Waals surface area contributed by atoms with E-state index in [0.717, 1.165) is 64.5 Å². The van der Waals surface area contributed by atoms with E-state index in [9.17, 15) is 4.79 Å². The lowest BCUT2D eigenvalue weighted by Crippen LogP contribution is -2.38. The number of nitrogens with two attached hydrogens (primary N) is 1. The second kappa shape index (κ2) is 20.7. The smallest absolute Gasteiger partial charge is 0.323 e. The summed E-state index contributed by atoms with van der Waals surface area (Å²) in [6, 6.07) is -0.122. The molecule has 0 rings (SSSR count). The van der Waals surface area contributed by atoms with Crippen molar-refractivity contribution in [3.05, 3.63) is 0 Å². The highest BCUT2D eigenvalue weighted by Crippen LogP contribution is 2.09. The van der Waals surface area contributed by atoms with Crippen LogP contribution >= 0.6 is 0 Å². The van der Waals surface area contributed by atoms with Crippen molar-refractivity contribution in [1.82, 2.24) is 5.32 Å². The van der Waals surface area contributed by atoms with Crippen molar-refractivity contribution in [2.45, 2.75) is 116 Å². The third kappa shape index (κ3) is 16.8. The number of unbranched alkanes of at least 4 members (excludes halogenated alkanes) is 11. The van der Waals surface area contributed by atoms with Crippen molar-refractivity contribution in [2.75, 3.05) is 19.7 Å². The van der Waals surface area contributed by atoms with Crippen LogP contribution in [0.3, 0.4) is 0 Å². The zero-order valence-corrected chi connectivity index (χ0v) is 17.7. The van der Waals surface area contributed by atoms with Gasteiger partial charge in [0.05, 0.1) is 6.61 Å². The van der Waals surface area contributed by atoms with Crippen molar-refractivity contribution >= 4 is 5.97 Å². The Morgan fingerprint density at radius 3 is 2.04 bits per heavy atom. The summed E-state index contributed by atoms with van der Waals surface area (Å²) in [7, 11) is 0. The predicted molar refractivity (Wildman–Crippen MR) is 112 cm³/mol. The van der Waals surface area contributed by atoms with Crippen LogP contribution in [0.25, 0.3) is 0 Å². The molecule has 0 aromatic heterocycles. The molecule has 0 aromatic carbocycles. The maximum atomic E-state index is 12.3. The summed E-state index contributed by atoms with van der Waals surface area (Å²) in [6.07, 6.45) is 17.8. The van der Waals surface area contributed by atoms with Gasteiger partial charge in [0, 0.05) is 0 Å². The van der Waals surface area contributed by atoms with Crippen LogP contribution in [-0.4, -0.2) is 31.7 Å². The Kier molecular flexibility index (Phi) is 20.2. The first-order valence-corrected chi connectivity index (χ1v) is 11.4. The Hall–Kier alpha value is -0.610. The molecule has 0 aliphatic rings. The topological polar surface area (TPSA) is 64.3 Å². The summed E-state index contributed by atoms with van der Waals surface area (Å²) in [6.45, 7) is 6.65. The fraction of sp³-hybridized carbons (Fsp3) is 0.955. The van der Waals surface area contributed by atoms with Crippen LogP contribution in [-0.2, 0) is 9.53 Å². The minimum Gasteiger partial charge on any atom is -0.465 e. The molecule has 0 saturated heterocycles. The molecule has 0 aliphatic carbocycles. The fourth-order valence-corrected chi connectivity index (χ4v) is 3.12. The lowest BCUT2D eigenvalue weighted by molar-refractivity contribution is -0.146. The molecule has 4 heteroatoms. The second-order valence-electron chi connectivity index (χ2n) is 7.49. The summed E-state index contributed by atoms with van der Waals surface area (Å²) in [4.78, 5) is 12.3. The van der Waals surface area contributed by atoms with Crippen LogP contribution in [0.4, 0.5) is 0 Å². The van der Waals surface area contributed by atoms with Gasteiger partial charge < -0.3 is 15.8 Å². The molecule has 156 valence electrons. The van der Waals surface area contributed by atoms with Gasteiger partial charge in [-0.1, -0.05) is 84.5 Å². The van der Waals surface area contributed by atoms with Crippen molar-refractivity contribution in [2.24, 2.45) is 5.73 Å². The molecule has 0 amide bonds. The van der Waals surface area contributed by atoms with Gasteiger partial charge in [-0.25, -0.2) is 0 Å². The molecule has 0 bridgehead atoms. The molecular weight excluding hydrogens is 324 g/mol. The van der Waals surface area contributed by atoms with Gasteiger partial charge in [-0.15, -0.1) is 0 Å². The van der Waals surface area contributed by atoms with Crippen LogP contribution in [0.1, 0.15) is 110 Å². The standard InChI is InChI=1S/C22H46N2O2/c1-3-5-7-8-9-10-12-15-19-24-21(17-6-4-2)22(25)26-20-16-13-11-14-18-23/h21,24H,3-20,23H2,1-2H3. The number of hydrogen-bond acceptors (Lipinski definition) is 4. The van der Waals surface area contributed by atoms with Crippen molar-refractivity contribution in [3.8, 4) is 0 Å². The van der Waals surface area contributed by atoms with E-state index in [1.165, 1.54) is 44.9 Å². The van der Waals surface area contributed by atoms with E-state index in [2.05, 4.69) is 19.2 Å². The maximum absolute atomic E-state index is 12.3. The van der Waals surface area contributed by atoms with E-state index in [1.54, 1.807) is 0 Å². The molecule has 0 radical (unpaired) electrons. The molecule has 0 aliphatic heterocycles. The monoisotopic (exact) mass is 370 g/mol. The molecule has 26 heavy (non-hydrogen) atoms. The number of carbonyl (C=O) groups is 1. The first kappa shape index (κ1) is 25.4. The average molecular weight is 371 g/mol. The van der Waals surface area contributed by atoms with E-state index in [-0.39, 0.29) is 12.0 Å². The molecule has 0 spiro atoms. The van der Waals surface area contributed by atoms with Crippen LogP contribution in [0, 0.1) is 0 Å². The van der Waals surface area contributed by atoms with E-state index in [1.807, 2.05) is 0 Å². The summed E-state index contributed by atoms with van der Waals surface area (Å²) < 4.78 is 5.48. The highest BCUT2D eigenvalue weighted by atomic mass is 16.5. The molecule has 1 unspecified atom stereocenters. The van der Waals surface area contributed by atoms with E-state index in [0.29, 0.717) is 6.61 Å². The molecule has 3 N–H and O–H groups in total. The van der Waals surface area contributed by atoms with E-state index < -0.39 is 0 Å². The lowest BCUT2D eigenvalue weighted by Gasteiger charge is -2.17. The third-order valence-electron chi connectivity index (χ3n) is 4.89. The molecule has 0 aromatic rings. The average Bonchev–Trinajstić information content (AvgIpc) is 2.65. The second-order valence-corrected chi connectivity index (χ2v) is 7.49. The Bertz CT molecular complexity index is 298. The summed E-state index contributed by atoms with van der Waals surface area (Å²) in [5, 5.41) is 3.44. The van der Waals surface area contributed by atoms with Gasteiger partial charge in [0.15, 0.2) is 0 Å². The van der Waals surface area contributed by atoms with Gasteiger partial charge >= 0.3 is 5.97 Å². The number of ether oxygens (including phenoxy) is 1. The first-order chi connectivity index (χ1) is 12.8. The molecule has 0 fully saturated rings. The van der Waals surface area contributed by atoms with Crippen molar-refractivity contribution < 1.29 is 9.53 Å². The van der Waals surface area contributed by atoms with E-state index >= 15 is 0 Å². The van der Waals surface area contributed by atoms with E-state index in [4.69, 9.17) is 10.5 Å². The Morgan fingerprint density at radius 2 is 1.38 bits per heavy atom. The molecular formula is C22H46N2O2. The van der Waals surface area contributed by atoms with Crippen LogP contribution < -0.4 is 11.1 Å². The lowest BCUT2D eigenvalue weighted by atomic mass is 10.1. The number of carbonyl (C=O) groups excluding carboxylic acids is 1. The SMILES string of the molecule is CCCCCCCCCCNC(CCCC)C(=O)OCCCCCCN. The van der Waals surface area contributed by atoms with Crippen LogP contribution in [0.5, 0.6) is 0 Å². The quantitative estimate of drug-likeness (QED) is 0.224. The maximum Gasteiger partial charge on any atom is 0.323 e. The van der Waals surface area contributed by atoms with Gasteiger partial charge in [0.25, 0.3) is 0 Å². The molecule has 0 saturated carbocycles. The predicted octanol–water partition coefficient (Wildman–Crippen LogP) is 5.34. The highest BCUT2D eigenvalue weighted by Gasteiger charge is 2.18. The largest absolute Gasteiger partial charge is 0.465 e. The number of nitrogens with one attached hydrogen (secondary N) is 1. The number of esters is 1. The molecule has 0 heterocycles. The summed E-state index contributed by atoms with van der Waals surface area (Å²) in [5.74, 6) is -0.0585. The Balaban J connectivity index is 3.77. The van der Waals surface area contributed by atoms with Gasteiger partial charge in [-0.3, -0.25) is 4.79 Å². The molecule has 1 atom stereocenters. The van der Waals surface area contributed by atoms with Gasteiger partial charge in [-0.2, -0.15) is 0 Å². The zero-order chi connectivity index (χ0) is 19.3. The highest BCUT2D eigenvalue weighted by molar-refractivity contribution is 5.75. The molecule has 4 nitrogen and oxygen atoms in total. The summed E-state index contributed by atoms with van der Waals surface area (Å²) >= 11 is 0. The minimum atomic E-state index is -0.122. The minimum absolute atomic E-state index is 0.0585. The number of hydrogen-bond donors (Lipinski definition) is 2. The first-order valence-electron chi connectivity index (χ1n) is 11.4. The van der Waals surface area contributed by atoms with Gasteiger partial charge in [0.1, 0.15) is 6.04 Å². The number of rotatable bonds is 20. The van der Waals surface area contributed by atoms with Crippen LogP contribution in [0.2, 0.25) is 0 Å². The summed E-state index contributed by atoms with van der Waals surface area (Å²) in [5.41, 5.74) is 5.49. The van der Waals surface area contributed by atoms with Gasteiger partial charge in [0.2, 0.25) is 0 Å². The fourth-order valence-electron chi connectivity index (χ4n) is 3.12. The van der Waals surface area contributed by atoms with Gasteiger partial charge in [-0.05, 0) is 38.8 Å². The van der Waals surface area contributed by atoms with Crippen LogP contribution in [0.15, 0.2) is 0 Å². The van der Waals surface area contributed by atoms with Crippen molar-refractivity contribution in [3.63, 3.8) is 0 Å². The Labute approximate surface area is 163 Å². The normalized spacial score (nSPS) is 12.3.